The van der Waals surface area contributed by atoms with Gasteiger partial charge in [0.1, 0.15) is 0 Å². The molecule has 0 rings (SSSR count). The molecule has 0 saturated heterocycles. The van der Waals surface area contributed by atoms with E-state index >= 15 is 0 Å². The summed E-state index contributed by atoms with van der Waals surface area (Å²) < 4.78 is 5.38. The van der Waals surface area contributed by atoms with Gasteiger partial charge in [0.05, 0.1) is 28.3 Å². The lowest BCUT2D eigenvalue weighted by Crippen LogP contribution is -2.50. The van der Waals surface area contributed by atoms with Crippen LogP contribution in [0.5, 0.6) is 0 Å². The van der Waals surface area contributed by atoms with Crippen molar-refractivity contribution in [2.75, 3.05) is 28.3 Å². The molecule has 0 amide bonds. The van der Waals surface area contributed by atoms with E-state index in [0.29, 0.717) is 4.48 Å². The van der Waals surface area contributed by atoms with Gasteiger partial charge in [-0.05, 0) is 6.42 Å². The molecule has 0 aromatic carbocycles. The highest BCUT2D eigenvalue weighted by atomic mass is 16.5. The summed E-state index contributed by atoms with van der Waals surface area (Å²) in [5, 5.41) is 0. The topological polar surface area (TPSA) is 26.3 Å². The summed E-state index contributed by atoms with van der Waals surface area (Å²) in [6.45, 7) is 2.08. The maximum absolute atomic E-state index is 11.3. The fourth-order valence-corrected chi connectivity index (χ4v) is 1.23. The minimum absolute atomic E-state index is 0.0278. The lowest BCUT2D eigenvalue weighted by Gasteiger charge is -2.31. The summed E-state index contributed by atoms with van der Waals surface area (Å²) in [7, 11) is 7.48. The minimum atomic E-state index is -0.107. The number of quaternary nitrogens is 1. The average molecular weight is 174 g/mol. The summed E-state index contributed by atoms with van der Waals surface area (Å²) >= 11 is 0. The van der Waals surface area contributed by atoms with Gasteiger partial charge in [-0.25, -0.2) is 4.79 Å². The second kappa shape index (κ2) is 4.45. The number of carbonyl (C=O) groups excluding carboxylic acids is 1. The molecule has 1 unspecified atom stereocenters. The molecule has 0 heterocycles. The van der Waals surface area contributed by atoms with E-state index < -0.39 is 0 Å². The van der Waals surface area contributed by atoms with Gasteiger partial charge in [0.15, 0.2) is 6.04 Å². The molecule has 0 aromatic heterocycles. The second-order valence-corrected chi connectivity index (χ2v) is 3.94. The molecule has 3 nitrogen and oxygen atoms in total. The molecule has 0 N–H and O–H groups in total. The Morgan fingerprint density at radius 2 is 1.92 bits per heavy atom. The maximum Gasteiger partial charge on any atom is 0.364 e. The summed E-state index contributed by atoms with van der Waals surface area (Å²) in [6, 6.07) is -0.0278. The highest BCUT2D eigenvalue weighted by molar-refractivity contribution is 5.74. The maximum atomic E-state index is 11.3. The lowest BCUT2D eigenvalue weighted by molar-refractivity contribution is -0.887. The summed E-state index contributed by atoms with van der Waals surface area (Å²) in [6.07, 6.45) is 1.89. The summed E-state index contributed by atoms with van der Waals surface area (Å²) in [4.78, 5) is 11.3. The van der Waals surface area contributed by atoms with Gasteiger partial charge in [0.25, 0.3) is 0 Å². The predicted octanol–water partition coefficient (Wildman–Crippen LogP) is 1.03. The Morgan fingerprint density at radius 3 is 2.17 bits per heavy atom. The molecule has 0 bridgehead atoms. The first kappa shape index (κ1) is 11.4. The van der Waals surface area contributed by atoms with E-state index in [4.69, 9.17) is 4.74 Å². The van der Waals surface area contributed by atoms with Gasteiger partial charge >= 0.3 is 5.97 Å². The van der Waals surface area contributed by atoms with Crippen molar-refractivity contribution < 1.29 is 14.0 Å². The molecule has 0 saturated carbocycles. The van der Waals surface area contributed by atoms with Crippen molar-refractivity contribution in [2.24, 2.45) is 0 Å². The first-order chi connectivity index (χ1) is 5.43. The molecule has 0 fully saturated rings. The van der Waals surface area contributed by atoms with E-state index in [1.165, 1.54) is 7.11 Å². The standard InChI is InChI=1S/C9H20NO2/c1-6-7-8(9(11)12-5)10(2,3)4/h8H,6-7H2,1-5H3/q+1. The van der Waals surface area contributed by atoms with E-state index in [2.05, 4.69) is 6.92 Å². The molecular weight excluding hydrogens is 154 g/mol. The zero-order valence-electron chi connectivity index (χ0n) is 8.76. The van der Waals surface area contributed by atoms with Crippen LogP contribution >= 0.6 is 0 Å². The molecule has 72 valence electrons. The highest BCUT2D eigenvalue weighted by Gasteiger charge is 2.31. The number of hydrogen-bond donors (Lipinski definition) is 0. The molecule has 12 heavy (non-hydrogen) atoms. The first-order valence-corrected chi connectivity index (χ1v) is 4.32. The Hall–Kier alpha value is -0.570. The molecule has 0 aliphatic rings. The Morgan fingerprint density at radius 1 is 1.42 bits per heavy atom. The van der Waals surface area contributed by atoms with Crippen molar-refractivity contribution in [3.8, 4) is 0 Å². The monoisotopic (exact) mass is 174 g/mol. The Labute approximate surface area is 74.9 Å². The van der Waals surface area contributed by atoms with Crippen LogP contribution in [0.3, 0.4) is 0 Å². The molecular formula is C9H20NO2+. The third kappa shape index (κ3) is 3.22. The normalized spacial score (nSPS) is 14.1. The molecule has 1 atom stereocenters. The van der Waals surface area contributed by atoms with Crippen molar-refractivity contribution in [3.63, 3.8) is 0 Å². The number of methoxy groups -OCH3 is 1. The summed E-state index contributed by atoms with van der Waals surface area (Å²) in [5.41, 5.74) is 0. The Kier molecular flexibility index (Phi) is 4.24. The van der Waals surface area contributed by atoms with Gasteiger partial charge in [-0.3, -0.25) is 0 Å². The van der Waals surface area contributed by atoms with Gasteiger partial charge in [-0.15, -0.1) is 0 Å². The zero-order chi connectivity index (χ0) is 9.78. The third-order valence-electron chi connectivity index (χ3n) is 1.97. The molecule has 0 radical (unpaired) electrons. The molecule has 0 aromatic rings. The predicted molar refractivity (Wildman–Crippen MR) is 48.7 cm³/mol. The first-order valence-electron chi connectivity index (χ1n) is 4.32. The fraction of sp³-hybridized carbons (Fsp3) is 0.889. The highest BCUT2D eigenvalue weighted by Crippen LogP contribution is 2.11. The Balaban J connectivity index is 4.33. The lowest BCUT2D eigenvalue weighted by atomic mass is 10.1. The largest absolute Gasteiger partial charge is 0.465 e. The number of likely N-dealkylation sites (N-methyl/N-ethyl adjacent to an activating group) is 1. The molecule has 0 aliphatic heterocycles. The van der Waals surface area contributed by atoms with Gasteiger partial charge < -0.3 is 9.22 Å². The van der Waals surface area contributed by atoms with Crippen molar-refractivity contribution in [2.45, 2.75) is 25.8 Å². The van der Waals surface area contributed by atoms with E-state index in [1.807, 2.05) is 21.1 Å². The van der Waals surface area contributed by atoms with Gasteiger partial charge in [0.2, 0.25) is 0 Å². The molecule has 0 aliphatic carbocycles. The van der Waals surface area contributed by atoms with Crippen LogP contribution in [0.4, 0.5) is 0 Å². The third-order valence-corrected chi connectivity index (χ3v) is 1.97. The van der Waals surface area contributed by atoms with Gasteiger partial charge in [0, 0.05) is 6.42 Å². The van der Waals surface area contributed by atoms with E-state index in [0.717, 1.165) is 12.8 Å². The van der Waals surface area contributed by atoms with E-state index in [9.17, 15) is 4.79 Å². The van der Waals surface area contributed by atoms with Crippen LogP contribution in [0.25, 0.3) is 0 Å². The number of hydrogen-bond acceptors (Lipinski definition) is 2. The quantitative estimate of drug-likeness (QED) is 0.470. The van der Waals surface area contributed by atoms with E-state index in [-0.39, 0.29) is 12.0 Å². The van der Waals surface area contributed by atoms with Gasteiger partial charge in [-0.2, -0.15) is 0 Å². The van der Waals surface area contributed by atoms with Crippen LogP contribution in [0.2, 0.25) is 0 Å². The number of rotatable bonds is 4. The SMILES string of the molecule is CCCC(C(=O)OC)[N+](C)(C)C. The van der Waals surface area contributed by atoms with Crippen LogP contribution in [-0.2, 0) is 9.53 Å². The molecule has 0 spiro atoms. The molecule has 3 heteroatoms. The van der Waals surface area contributed by atoms with Crippen molar-refractivity contribution in [1.29, 1.82) is 0 Å². The van der Waals surface area contributed by atoms with E-state index in [1.54, 1.807) is 0 Å². The number of carbonyl (C=O) groups is 1. The second-order valence-electron chi connectivity index (χ2n) is 3.94. The number of esters is 1. The van der Waals surface area contributed by atoms with Crippen LogP contribution < -0.4 is 0 Å². The average Bonchev–Trinajstić information content (AvgIpc) is 1.96. The smallest absolute Gasteiger partial charge is 0.364 e. The van der Waals surface area contributed by atoms with Crippen LogP contribution in [0.15, 0.2) is 0 Å². The van der Waals surface area contributed by atoms with Gasteiger partial charge in [-0.1, -0.05) is 6.92 Å². The number of ether oxygens (including phenoxy) is 1. The van der Waals surface area contributed by atoms with Crippen molar-refractivity contribution in [3.05, 3.63) is 0 Å². The Bertz CT molecular complexity index is 149. The zero-order valence-corrected chi connectivity index (χ0v) is 8.76. The minimum Gasteiger partial charge on any atom is -0.465 e. The van der Waals surface area contributed by atoms with Crippen LogP contribution in [-0.4, -0.2) is 44.7 Å². The van der Waals surface area contributed by atoms with Crippen LogP contribution in [0, 0.1) is 0 Å². The number of nitrogens with zero attached hydrogens (tertiary/aromatic N) is 1. The summed E-state index contributed by atoms with van der Waals surface area (Å²) in [5.74, 6) is -0.107. The fourth-order valence-electron chi connectivity index (χ4n) is 1.23. The van der Waals surface area contributed by atoms with Crippen molar-refractivity contribution >= 4 is 5.97 Å². The van der Waals surface area contributed by atoms with Crippen molar-refractivity contribution in [1.82, 2.24) is 0 Å². The van der Waals surface area contributed by atoms with Crippen LogP contribution in [0.1, 0.15) is 19.8 Å².